The topological polar surface area (TPSA) is 55.8 Å². The van der Waals surface area contributed by atoms with Crippen LogP contribution in [0.2, 0.25) is 0 Å². The van der Waals surface area contributed by atoms with E-state index in [2.05, 4.69) is 0 Å². The Morgan fingerprint density at radius 3 is 2.43 bits per heavy atom. The number of benzene rings is 1. The van der Waals surface area contributed by atoms with Gasteiger partial charge in [-0.25, -0.2) is 0 Å². The van der Waals surface area contributed by atoms with Gasteiger partial charge < -0.3 is 14.4 Å². The van der Waals surface area contributed by atoms with E-state index in [9.17, 15) is 9.59 Å². The van der Waals surface area contributed by atoms with Gasteiger partial charge in [0, 0.05) is 13.1 Å². The maximum Gasteiger partial charge on any atom is 0.309 e. The van der Waals surface area contributed by atoms with Crippen LogP contribution in [-0.2, 0) is 9.53 Å². The van der Waals surface area contributed by atoms with Crippen LogP contribution in [0.4, 0.5) is 0 Å². The molecule has 0 N–H and O–H groups in total. The minimum absolute atomic E-state index is 0.0315. The van der Waals surface area contributed by atoms with Gasteiger partial charge in [-0.2, -0.15) is 0 Å². The van der Waals surface area contributed by atoms with Crippen LogP contribution in [-0.4, -0.2) is 43.6 Å². The summed E-state index contributed by atoms with van der Waals surface area (Å²) in [4.78, 5) is 26.4. The van der Waals surface area contributed by atoms with Crippen LogP contribution in [0, 0.1) is 19.8 Å². The first-order valence-corrected chi connectivity index (χ1v) is 8.09. The fraction of sp³-hybridized carbons (Fsp3) is 0.556. The first-order chi connectivity index (χ1) is 11.0. The van der Waals surface area contributed by atoms with Crippen LogP contribution in [0.15, 0.2) is 12.1 Å². The number of esters is 1. The number of likely N-dealkylation sites (tertiary alicyclic amines) is 1. The number of hydrogen-bond acceptors (Lipinski definition) is 4. The number of piperidine rings is 1. The van der Waals surface area contributed by atoms with Crippen molar-refractivity contribution in [3.63, 3.8) is 0 Å². The number of aryl methyl sites for hydroxylation is 2. The molecule has 23 heavy (non-hydrogen) atoms. The van der Waals surface area contributed by atoms with Crippen molar-refractivity contribution < 1.29 is 19.1 Å². The standard InChI is InChI=1S/C18H25NO4/c1-5-23-18(21)14-6-8-19(9-7-14)17(20)15-11-12(2)10-13(3)16(15)22-4/h10-11,14H,5-9H2,1-4H3. The van der Waals surface area contributed by atoms with Gasteiger partial charge in [-0.3, -0.25) is 9.59 Å². The number of nitrogens with zero attached hydrogens (tertiary/aromatic N) is 1. The molecular formula is C18H25NO4. The van der Waals surface area contributed by atoms with Gasteiger partial charge in [-0.1, -0.05) is 6.07 Å². The van der Waals surface area contributed by atoms with Crippen molar-refractivity contribution >= 4 is 11.9 Å². The third-order valence-electron chi connectivity index (χ3n) is 4.26. The molecule has 1 aliphatic rings. The van der Waals surface area contributed by atoms with Crippen LogP contribution in [0.5, 0.6) is 5.75 Å². The van der Waals surface area contributed by atoms with Crippen molar-refractivity contribution in [1.82, 2.24) is 4.90 Å². The summed E-state index contributed by atoms with van der Waals surface area (Å²) in [7, 11) is 1.58. The molecule has 1 amide bonds. The molecule has 0 aromatic heterocycles. The SMILES string of the molecule is CCOC(=O)C1CCN(C(=O)c2cc(C)cc(C)c2OC)CC1. The molecule has 1 fully saturated rings. The Morgan fingerprint density at radius 1 is 1.22 bits per heavy atom. The van der Waals surface area contributed by atoms with Crippen molar-refractivity contribution in [2.75, 3.05) is 26.8 Å². The van der Waals surface area contributed by atoms with Crippen molar-refractivity contribution in [2.45, 2.75) is 33.6 Å². The van der Waals surface area contributed by atoms with E-state index >= 15 is 0 Å². The zero-order chi connectivity index (χ0) is 17.0. The molecule has 2 rings (SSSR count). The summed E-state index contributed by atoms with van der Waals surface area (Å²) in [6, 6.07) is 3.87. The van der Waals surface area contributed by atoms with Gasteiger partial charge in [0.1, 0.15) is 5.75 Å². The highest BCUT2D eigenvalue weighted by Crippen LogP contribution is 2.28. The molecule has 0 aliphatic carbocycles. The Morgan fingerprint density at radius 2 is 1.87 bits per heavy atom. The monoisotopic (exact) mass is 319 g/mol. The summed E-state index contributed by atoms with van der Waals surface area (Å²) < 4.78 is 10.5. The van der Waals surface area contributed by atoms with E-state index < -0.39 is 0 Å². The summed E-state index contributed by atoms with van der Waals surface area (Å²) in [5, 5.41) is 0. The van der Waals surface area contributed by atoms with Crippen LogP contribution in [0.25, 0.3) is 0 Å². The van der Waals surface area contributed by atoms with Gasteiger partial charge in [0.05, 0.1) is 25.2 Å². The predicted molar refractivity (Wildman–Crippen MR) is 87.7 cm³/mol. The average Bonchev–Trinajstić information content (AvgIpc) is 2.54. The fourth-order valence-electron chi connectivity index (χ4n) is 3.13. The summed E-state index contributed by atoms with van der Waals surface area (Å²) in [5.41, 5.74) is 2.59. The fourth-order valence-corrected chi connectivity index (χ4v) is 3.13. The van der Waals surface area contributed by atoms with Crippen LogP contribution >= 0.6 is 0 Å². The summed E-state index contributed by atoms with van der Waals surface area (Å²) in [5.74, 6) is 0.354. The second-order valence-electron chi connectivity index (χ2n) is 5.98. The minimum Gasteiger partial charge on any atom is -0.496 e. The van der Waals surface area contributed by atoms with Gasteiger partial charge in [-0.15, -0.1) is 0 Å². The maximum absolute atomic E-state index is 12.8. The van der Waals surface area contributed by atoms with Gasteiger partial charge in [-0.05, 0) is 50.8 Å². The van der Waals surface area contributed by atoms with Gasteiger partial charge in [0.25, 0.3) is 5.91 Å². The van der Waals surface area contributed by atoms with E-state index in [1.165, 1.54) is 0 Å². The molecule has 1 aromatic carbocycles. The number of rotatable bonds is 4. The Hall–Kier alpha value is -2.04. The third-order valence-corrected chi connectivity index (χ3v) is 4.26. The van der Waals surface area contributed by atoms with Crippen molar-refractivity contribution in [3.8, 4) is 5.75 Å². The molecule has 0 bridgehead atoms. The highest BCUT2D eigenvalue weighted by molar-refractivity contribution is 5.97. The molecule has 0 spiro atoms. The molecule has 5 heteroatoms. The first-order valence-electron chi connectivity index (χ1n) is 8.09. The second-order valence-corrected chi connectivity index (χ2v) is 5.98. The predicted octanol–water partition coefficient (Wildman–Crippen LogP) is 2.73. The van der Waals surface area contributed by atoms with Gasteiger partial charge >= 0.3 is 5.97 Å². The molecule has 5 nitrogen and oxygen atoms in total. The zero-order valence-corrected chi connectivity index (χ0v) is 14.3. The zero-order valence-electron chi connectivity index (χ0n) is 14.3. The van der Waals surface area contributed by atoms with E-state index in [1.54, 1.807) is 12.0 Å². The molecule has 0 saturated carbocycles. The largest absolute Gasteiger partial charge is 0.496 e. The van der Waals surface area contributed by atoms with Crippen LogP contribution < -0.4 is 4.74 Å². The summed E-state index contributed by atoms with van der Waals surface area (Å²) in [6.45, 7) is 7.25. The maximum atomic E-state index is 12.8. The number of ether oxygens (including phenoxy) is 2. The van der Waals surface area contributed by atoms with Crippen LogP contribution in [0.3, 0.4) is 0 Å². The summed E-state index contributed by atoms with van der Waals surface area (Å²) in [6.07, 6.45) is 1.30. The quantitative estimate of drug-likeness (QED) is 0.801. The molecule has 126 valence electrons. The van der Waals surface area contributed by atoms with Gasteiger partial charge in [0.15, 0.2) is 0 Å². The van der Waals surface area contributed by atoms with E-state index in [-0.39, 0.29) is 17.8 Å². The van der Waals surface area contributed by atoms with Crippen LogP contribution in [0.1, 0.15) is 41.3 Å². The third kappa shape index (κ3) is 3.84. The molecule has 1 heterocycles. The normalized spacial score (nSPS) is 15.4. The lowest BCUT2D eigenvalue weighted by Crippen LogP contribution is -2.40. The molecule has 1 aliphatic heterocycles. The lowest BCUT2D eigenvalue weighted by Gasteiger charge is -2.31. The smallest absolute Gasteiger partial charge is 0.309 e. The average molecular weight is 319 g/mol. The van der Waals surface area contributed by atoms with E-state index in [0.717, 1.165) is 11.1 Å². The van der Waals surface area contributed by atoms with Gasteiger partial charge in [0.2, 0.25) is 0 Å². The lowest BCUT2D eigenvalue weighted by atomic mass is 9.96. The second kappa shape index (κ2) is 7.49. The number of carbonyl (C=O) groups is 2. The Kier molecular flexibility index (Phi) is 5.64. The summed E-state index contributed by atoms with van der Waals surface area (Å²) >= 11 is 0. The molecular weight excluding hydrogens is 294 g/mol. The minimum atomic E-state index is -0.149. The van der Waals surface area contributed by atoms with Crippen molar-refractivity contribution in [3.05, 3.63) is 28.8 Å². The molecule has 0 atom stereocenters. The number of amides is 1. The molecule has 1 saturated heterocycles. The number of carbonyl (C=O) groups excluding carboxylic acids is 2. The van der Waals surface area contributed by atoms with E-state index in [1.807, 2.05) is 32.9 Å². The highest BCUT2D eigenvalue weighted by atomic mass is 16.5. The Bertz CT molecular complexity index is 589. The highest BCUT2D eigenvalue weighted by Gasteiger charge is 2.30. The number of methoxy groups -OCH3 is 1. The Labute approximate surface area is 137 Å². The Balaban J connectivity index is 2.10. The first kappa shape index (κ1) is 17.3. The number of hydrogen-bond donors (Lipinski definition) is 0. The van der Waals surface area contributed by atoms with Crippen molar-refractivity contribution in [1.29, 1.82) is 0 Å². The lowest BCUT2D eigenvalue weighted by molar-refractivity contribution is -0.149. The van der Waals surface area contributed by atoms with Crippen molar-refractivity contribution in [2.24, 2.45) is 5.92 Å². The molecule has 1 aromatic rings. The molecule has 0 unspecified atom stereocenters. The van der Waals surface area contributed by atoms with E-state index in [4.69, 9.17) is 9.47 Å². The van der Waals surface area contributed by atoms with E-state index in [0.29, 0.717) is 43.9 Å². The molecule has 0 radical (unpaired) electrons.